The molecule has 0 spiro atoms. The third-order valence-corrected chi connectivity index (χ3v) is 17.5. The third kappa shape index (κ3) is 6.94. The summed E-state index contributed by atoms with van der Waals surface area (Å²) in [6.45, 7) is 37.6. The molecule has 2 nitrogen and oxygen atoms in total. The minimum Gasteiger partial charge on any atom is -0.309 e. The molecule has 0 bridgehead atoms. The Kier molecular flexibility index (Phi) is 9.79. The van der Waals surface area contributed by atoms with Crippen molar-refractivity contribution in [3.8, 4) is 22.5 Å². The molecule has 364 valence electrons. The van der Waals surface area contributed by atoms with Crippen LogP contribution in [0.5, 0.6) is 0 Å². The van der Waals surface area contributed by atoms with Crippen molar-refractivity contribution in [3.05, 3.63) is 189 Å². The summed E-state index contributed by atoms with van der Waals surface area (Å²) in [6, 6.07) is 50.6. The Balaban J connectivity index is 0.901. The minimum atomic E-state index is -0.164. The van der Waals surface area contributed by atoms with Gasteiger partial charge < -0.3 is 9.13 Å². The van der Waals surface area contributed by atoms with E-state index in [1.54, 1.807) is 0 Å². The lowest BCUT2D eigenvalue weighted by atomic mass is 9.77. The van der Waals surface area contributed by atoms with Crippen LogP contribution in [0.15, 0.2) is 139 Å². The van der Waals surface area contributed by atoms with Gasteiger partial charge in [-0.3, -0.25) is 0 Å². The standard InChI is InChI=1S/C70H74N2/c1-65(2,3)43-19-29-61-53(35-43)54-36-44(66(4,5)6)20-30-62(54)71(61)47-23-27-51-49-25-17-41(33-57(49)69(13,14)59(51)39-47)42-18-26-50-52-28-24-48(40-60(52)70(15,16)58(50)34-42)72-63-31-21-45(67(7,8)9)37-55(63)56-38-46(68(10,11)12)22-32-64(56)72/h17,19-25,27-40H,18,26H2,1-16H3. The molecule has 0 aliphatic heterocycles. The Labute approximate surface area is 429 Å². The molecule has 7 aromatic carbocycles. The van der Waals surface area contributed by atoms with Crippen LogP contribution in [0.1, 0.15) is 174 Å². The molecule has 72 heavy (non-hydrogen) atoms. The zero-order valence-electron chi connectivity index (χ0n) is 46.0. The molecule has 9 aromatic rings. The van der Waals surface area contributed by atoms with E-state index in [1.807, 2.05) is 0 Å². The van der Waals surface area contributed by atoms with Gasteiger partial charge in [0, 0.05) is 43.7 Å². The maximum absolute atomic E-state index is 2.58. The normalized spacial score (nSPS) is 16.5. The van der Waals surface area contributed by atoms with E-state index in [0.717, 1.165) is 12.8 Å². The van der Waals surface area contributed by atoms with Gasteiger partial charge in [0.2, 0.25) is 0 Å². The first kappa shape index (κ1) is 46.7. The summed E-state index contributed by atoms with van der Waals surface area (Å²) in [4.78, 5) is 0. The maximum atomic E-state index is 2.58. The van der Waals surface area contributed by atoms with Crippen LogP contribution in [0.25, 0.3) is 77.3 Å². The van der Waals surface area contributed by atoms with E-state index < -0.39 is 0 Å². The number of hydrogen-bond donors (Lipinski definition) is 0. The van der Waals surface area contributed by atoms with Crippen LogP contribution < -0.4 is 0 Å². The zero-order chi connectivity index (χ0) is 51.0. The molecule has 0 radical (unpaired) electrons. The lowest BCUT2D eigenvalue weighted by molar-refractivity contribution is 0.590. The highest BCUT2D eigenvalue weighted by molar-refractivity contribution is 6.11. The highest BCUT2D eigenvalue weighted by Gasteiger charge is 2.40. The molecule has 3 aliphatic rings. The molecule has 0 saturated heterocycles. The van der Waals surface area contributed by atoms with Crippen LogP contribution in [0.4, 0.5) is 0 Å². The molecule has 3 aliphatic carbocycles. The van der Waals surface area contributed by atoms with Gasteiger partial charge in [0.25, 0.3) is 0 Å². The number of allylic oxidation sites excluding steroid dienone is 4. The van der Waals surface area contributed by atoms with Crippen molar-refractivity contribution < 1.29 is 0 Å². The van der Waals surface area contributed by atoms with Gasteiger partial charge in [-0.15, -0.1) is 0 Å². The van der Waals surface area contributed by atoms with Gasteiger partial charge in [0.05, 0.1) is 22.1 Å². The van der Waals surface area contributed by atoms with Crippen molar-refractivity contribution in [1.82, 2.24) is 9.13 Å². The first-order chi connectivity index (χ1) is 33.7. The summed E-state index contributed by atoms with van der Waals surface area (Å²) >= 11 is 0. The van der Waals surface area contributed by atoms with Crippen LogP contribution in [0.2, 0.25) is 0 Å². The molecule has 0 fully saturated rings. The van der Waals surface area contributed by atoms with E-state index >= 15 is 0 Å². The maximum Gasteiger partial charge on any atom is 0.0541 e. The monoisotopic (exact) mass is 943 g/mol. The summed E-state index contributed by atoms with van der Waals surface area (Å²) < 4.78 is 5.05. The fourth-order valence-electron chi connectivity index (χ4n) is 12.9. The zero-order valence-corrected chi connectivity index (χ0v) is 46.0. The number of fused-ring (bicyclic) bond motifs is 11. The van der Waals surface area contributed by atoms with Crippen molar-refractivity contribution in [1.29, 1.82) is 0 Å². The second-order valence-corrected chi connectivity index (χ2v) is 27.1. The van der Waals surface area contributed by atoms with Gasteiger partial charge in [-0.05, 0) is 191 Å². The molecule has 0 atom stereocenters. The Bertz CT molecular complexity index is 3730. The van der Waals surface area contributed by atoms with E-state index in [-0.39, 0.29) is 32.5 Å². The van der Waals surface area contributed by atoms with Gasteiger partial charge in [0.1, 0.15) is 0 Å². The Morgan fingerprint density at radius 2 is 0.722 bits per heavy atom. The van der Waals surface area contributed by atoms with E-state index in [2.05, 4.69) is 253 Å². The van der Waals surface area contributed by atoms with E-state index in [0.29, 0.717) is 0 Å². The number of nitrogens with zero attached hydrogens (tertiary/aromatic N) is 2. The first-order valence-corrected chi connectivity index (χ1v) is 26.8. The van der Waals surface area contributed by atoms with Gasteiger partial charge in [-0.1, -0.05) is 165 Å². The average Bonchev–Trinajstić information content (AvgIpc) is 3.97. The molecule has 0 amide bonds. The SMILES string of the molecule is CC(C)(C)c1ccc2c(c1)c1cc(C(C)(C)C)ccc1n2-c1ccc2c(c1)C(C)(C)C1=C2CCC(c2ccc3c(c2)C(C)(C)c2cc(-n4c5ccc(C(C)(C)C)cc5c5cc(C(C)(C)C)ccc54)ccc2-3)=C1. The van der Waals surface area contributed by atoms with Crippen LogP contribution in [0, 0.1) is 0 Å². The summed E-state index contributed by atoms with van der Waals surface area (Å²) in [6.07, 6.45) is 4.66. The molecule has 12 rings (SSSR count). The van der Waals surface area contributed by atoms with Crippen molar-refractivity contribution in [2.75, 3.05) is 0 Å². The molecule has 0 N–H and O–H groups in total. The second kappa shape index (κ2) is 15.1. The predicted molar refractivity (Wildman–Crippen MR) is 311 cm³/mol. The van der Waals surface area contributed by atoms with Gasteiger partial charge in [0.15, 0.2) is 0 Å². The molecule has 2 heteroatoms. The molecular weight excluding hydrogens is 869 g/mol. The molecule has 2 aromatic heterocycles. The fraction of sp³-hybridized carbons (Fsp3) is 0.343. The lowest BCUT2D eigenvalue weighted by Crippen LogP contribution is -2.18. The van der Waals surface area contributed by atoms with Crippen molar-refractivity contribution in [2.45, 2.75) is 156 Å². The summed E-state index contributed by atoms with van der Waals surface area (Å²) in [5.74, 6) is 0. The molecule has 0 saturated carbocycles. The Morgan fingerprint density at radius 1 is 0.361 bits per heavy atom. The number of rotatable bonds is 3. The first-order valence-electron chi connectivity index (χ1n) is 26.8. The Morgan fingerprint density at radius 3 is 1.12 bits per heavy atom. The summed E-state index contributed by atoms with van der Waals surface area (Å²) in [7, 11) is 0. The predicted octanol–water partition coefficient (Wildman–Crippen LogP) is 19.3. The topological polar surface area (TPSA) is 9.86 Å². The molecule has 2 heterocycles. The smallest absolute Gasteiger partial charge is 0.0541 e. The molecule has 0 unspecified atom stereocenters. The second-order valence-electron chi connectivity index (χ2n) is 27.1. The van der Waals surface area contributed by atoms with Gasteiger partial charge in [-0.25, -0.2) is 0 Å². The van der Waals surface area contributed by atoms with Crippen LogP contribution in [0.3, 0.4) is 0 Å². The average molecular weight is 943 g/mol. The quantitative estimate of drug-likeness (QED) is 0.167. The largest absolute Gasteiger partial charge is 0.309 e. The highest BCUT2D eigenvalue weighted by Crippen LogP contribution is 2.55. The number of hydrogen-bond acceptors (Lipinski definition) is 0. The number of benzene rings is 7. The minimum absolute atomic E-state index is 0.0613. The van der Waals surface area contributed by atoms with Gasteiger partial charge in [-0.2, -0.15) is 0 Å². The fourth-order valence-corrected chi connectivity index (χ4v) is 12.9. The van der Waals surface area contributed by atoms with Crippen molar-refractivity contribution >= 4 is 54.8 Å². The van der Waals surface area contributed by atoms with E-state index in [4.69, 9.17) is 0 Å². The van der Waals surface area contributed by atoms with E-state index in [9.17, 15) is 0 Å². The third-order valence-electron chi connectivity index (χ3n) is 17.5. The summed E-state index contributed by atoms with van der Waals surface area (Å²) in [5.41, 5.74) is 27.2. The number of aromatic nitrogens is 2. The summed E-state index contributed by atoms with van der Waals surface area (Å²) in [5, 5.41) is 5.33. The highest BCUT2D eigenvalue weighted by atomic mass is 15.0. The Hall–Kier alpha value is -6.38. The van der Waals surface area contributed by atoms with Crippen molar-refractivity contribution in [2.24, 2.45) is 0 Å². The lowest BCUT2D eigenvalue weighted by Gasteiger charge is -2.27. The van der Waals surface area contributed by atoms with Crippen LogP contribution in [-0.2, 0) is 32.5 Å². The van der Waals surface area contributed by atoms with Crippen LogP contribution >= 0.6 is 0 Å². The molecular formula is C70H74N2. The van der Waals surface area contributed by atoms with Crippen LogP contribution in [-0.4, -0.2) is 9.13 Å². The van der Waals surface area contributed by atoms with E-state index in [1.165, 1.54) is 133 Å². The van der Waals surface area contributed by atoms with Crippen molar-refractivity contribution in [3.63, 3.8) is 0 Å². The van der Waals surface area contributed by atoms with Gasteiger partial charge >= 0.3 is 0 Å².